The molecule has 0 saturated heterocycles. The lowest BCUT2D eigenvalue weighted by Gasteiger charge is -2.26. The lowest BCUT2D eigenvalue weighted by Crippen LogP contribution is -2.21. The zero-order chi connectivity index (χ0) is 12.3. The Morgan fingerprint density at radius 2 is 2.00 bits per heavy atom. The van der Waals surface area contributed by atoms with Crippen molar-refractivity contribution in [1.29, 1.82) is 0 Å². The molecule has 0 aromatic heterocycles. The molecule has 2 rings (SSSR count). The second kappa shape index (κ2) is 5.00. The maximum atomic E-state index is 6.03. The lowest BCUT2D eigenvalue weighted by atomic mass is 9.79. The number of allylic oxidation sites excluding steroid dienone is 8. The number of hydrogen-bond acceptors (Lipinski definition) is 2. The van der Waals surface area contributed by atoms with E-state index in [1.165, 1.54) is 5.57 Å². The summed E-state index contributed by atoms with van der Waals surface area (Å²) < 4.78 is 0. The summed E-state index contributed by atoms with van der Waals surface area (Å²) in [6.07, 6.45) is 16.4. The number of aliphatic imine (C=N–C) groups is 1. The van der Waals surface area contributed by atoms with Gasteiger partial charge in [0.25, 0.3) is 0 Å². The summed E-state index contributed by atoms with van der Waals surface area (Å²) in [6, 6.07) is 0. The van der Waals surface area contributed by atoms with E-state index in [9.17, 15) is 0 Å². The van der Waals surface area contributed by atoms with Gasteiger partial charge in [-0.2, -0.15) is 0 Å². The molecule has 0 amide bonds. The van der Waals surface area contributed by atoms with Crippen molar-refractivity contribution in [3.63, 3.8) is 0 Å². The standard InChI is InChI=1S/C15H18N2/c1-11(2)9-17-10-14-13-6-4-3-5-12(13)7-8-15(14)16/h3-10,12-13H,16H2,1-2H3/b17-10-. The van der Waals surface area contributed by atoms with Crippen molar-refractivity contribution < 1.29 is 0 Å². The molecular formula is C15H18N2. The van der Waals surface area contributed by atoms with E-state index in [1.54, 1.807) is 0 Å². The van der Waals surface area contributed by atoms with Crippen LogP contribution >= 0.6 is 0 Å². The summed E-state index contributed by atoms with van der Waals surface area (Å²) >= 11 is 0. The summed E-state index contributed by atoms with van der Waals surface area (Å²) in [7, 11) is 0. The molecule has 2 aliphatic carbocycles. The average molecular weight is 226 g/mol. The first-order chi connectivity index (χ1) is 8.18. The topological polar surface area (TPSA) is 38.4 Å². The normalized spacial score (nSPS) is 26.5. The van der Waals surface area contributed by atoms with Gasteiger partial charge in [-0.1, -0.05) is 36.0 Å². The number of nitrogens with zero attached hydrogens (tertiary/aromatic N) is 1. The van der Waals surface area contributed by atoms with Crippen LogP contribution in [0, 0.1) is 11.8 Å². The first kappa shape index (κ1) is 11.6. The fourth-order valence-corrected chi connectivity index (χ4v) is 2.05. The third-order valence-corrected chi connectivity index (χ3v) is 2.91. The van der Waals surface area contributed by atoms with Gasteiger partial charge in [-0.05, 0) is 19.9 Å². The van der Waals surface area contributed by atoms with Crippen LogP contribution in [0.2, 0.25) is 0 Å². The van der Waals surface area contributed by atoms with Crippen LogP contribution in [0.4, 0.5) is 0 Å². The highest BCUT2D eigenvalue weighted by atomic mass is 14.7. The molecule has 0 bridgehead atoms. The van der Waals surface area contributed by atoms with Gasteiger partial charge in [0.2, 0.25) is 0 Å². The molecule has 0 radical (unpaired) electrons. The maximum Gasteiger partial charge on any atom is 0.0365 e. The number of hydrogen-bond donors (Lipinski definition) is 1. The molecule has 2 nitrogen and oxygen atoms in total. The number of nitrogens with two attached hydrogens (primary N) is 1. The molecule has 2 heteroatoms. The zero-order valence-corrected chi connectivity index (χ0v) is 10.3. The van der Waals surface area contributed by atoms with Crippen molar-refractivity contribution in [2.45, 2.75) is 13.8 Å². The first-order valence-corrected chi connectivity index (χ1v) is 5.88. The summed E-state index contributed by atoms with van der Waals surface area (Å²) in [5, 5.41) is 0. The predicted octanol–water partition coefficient (Wildman–Crippen LogP) is 3.12. The third-order valence-electron chi connectivity index (χ3n) is 2.91. The minimum absolute atomic E-state index is 0.333. The minimum atomic E-state index is 0.333. The van der Waals surface area contributed by atoms with Gasteiger partial charge in [-0.3, -0.25) is 4.99 Å². The molecule has 0 saturated carbocycles. The summed E-state index contributed by atoms with van der Waals surface area (Å²) in [5.74, 6) is 0.750. The van der Waals surface area contributed by atoms with E-state index in [-0.39, 0.29) is 0 Å². The Labute approximate surface area is 103 Å². The van der Waals surface area contributed by atoms with Gasteiger partial charge < -0.3 is 5.73 Å². The van der Waals surface area contributed by atoms with E-state index < -0.39 is 0 Å². The Balaban J connectivity index is 2.27. The quantitative estimate of drug-likeness (QED) is 0.722. The summed E-state index contributed by atoms with van der Waals surface area (Å²) in [6.45, 7) is 4.06. The van der Waals surface area contributed by atoms with E-state index in [2.05, 4.69) is 35.4 Å². The molecule has 0 spiro atoms. The van der Waals surface area contributed by atoms with Crippen molar-refractivity contribution in [3.8, 4) is 0 Å². The first-order valence-electron chi connectivity index (χ1n) is 5.88. The van der Waals surface area contributed by atoms with Crippen LogP contribution in [0.1, 0.15) is 13.8 Å². The highest BCUT2D eigenvalue weighted by Gasteiger charge is 2.23. The predicted molar refractivity (Wildman–Crippen MR) is 73.5 cm³/mol. The van der Waals surface area contributed by atoms with Crippen LogP contribution < -0.4 is 5.73 Å². The summed E-state index contributed by atoms with van der Waals surface area (Å²) in [4.78, 5) is 4.32. The van der Waals surface area contributed by atoms with Crippen molar-refractivity contribution in [1.82, 2.24) is 0 Å². The smallest absolute Gasteiger partial charge is 0.0365 e. The van der Waals surface area contributed by atoms with Crippen molar-refractivity contribution in [2.75, 3.05) is 0 Å². The van der Waals surface area contributed by atoms with Crippen LogP contribution in [0.5, 0.6) is 0 Å². The average Bonchev–Trinajstić information content (AvgIpc) is 2.32. The molecule has 0 aromatic carbocycles. The van der Waals surface area contributed by atoms with Crippen molar-refractivity contribution >= 4 is 6.21 Å². The fourth-order valence-electron chi connectivity index (χ4n) is 2.05. The van der Waals surface area contributed by atoms with Crippen molar-refractivity contribution in [3.05, 3.63) is 59.5 Å². The highest BCUT2D eigenvalue weighted by Crippen LogP contribution is 2.31. The monoisotopic (exact) mass is 226 g/mol. The fraction of sp³-hybridized carbons (Fsp3) is 0.267. The van der Waals surface area contributed by atoms with E-state index in [1.807, 2.05) is 32.3 Å². The van der Waals surface area contributed by atoms with Crippen molar-refractivity contribution in [2.24, 2.45) is 22.6 Å². The SMILES string of the molecule is CC(C)=C/N=C\C1=C(N)C=CC2C=CC=CC12. The van der Waals surface area contributed by atoms with Gasteiger partial charge in [-0.15, -0.1) is 0 Å². The van der Waals surface area contributed by atoms with Gasteiger partial charge in [0.05, 0.1) is 0 Å². The van der Waals surface area contributed by atoms with E-state index in [0.717, 1.165) is 11.3 Å². The molecule has 2 aliphatic rings. The molecule has 2 N–H and O–H groups in total. The Morgan fingerprint density at radius 1 is 1.24 bits per heavy atom. The van der Waals surface area contributed by atoms with Crippen LogP contribution in [-0.4, -0.2) is 6.21 Å². The number of rotatable bonds is 2. The third kappa shape index (κ3) is 2.64. The lowest BCUT2D eigenvalue weighted by molar-refractivity contribution is 0.637. The van der Waals surface area contributed by atoms with Gasteiger partial charge >= 0.3 is 0 Å². The number of fused-ring (bicyclic) bond motifs is 1. The van der Waals surface area contributed by atoms with Crippen LogP contribution in [0.15, 0.2) is 64.5 Å². The van der Waals surface area contributed by atoms with Crippen LogP contribution in [-0.2, 0) is 0 Å². The van der Waals surface area contributed by atoms with E-state index in [4.69, 9.17) is 5.73 Å². The van der Waals surface area contributed by atoms with Gasteiger partial charge in [-0.25, -0.2) is 0 Å². The highest BCUT2D eigenvalue weighted by molar-refractivity contribution is 5.83. The Kier molecular flexibility index (Phi) is 3.43. The molecular weight excluding hydrogens is 208 g/mol. The largest absolute Gasteiger partial charge is 0.398 e. The van der Waals surface area contributed by atoms with Gasteiger partial charge in [0, 0.05) is 35.5 Å². The molecule has 0 aliphatic heterocycles. The van der Waals surface area contributed by atoms with Gasteiger partial charge in [0.1, 0.15) is 0 Å². The molecule has 0 heterocycles. The molecule has 88 valence electrons. The molecule has 2 atom stereocenters. The Bertz CT molecular complexity index is 469. The molecule has 17 heavy (non-hydrogen) atoms. The molecule has 0 aromatic rings. The maximum absolute atomic E-state index is 6.03. The summed E-state index contributed by atoms with van der Waals surface area (Å²) in [5.41, 5.74) is 9.13. The molecule has 0 fully saturated rings. The van der Waals surface area contributed by atoms with Gasteiger partial charge in [0.15, 0.2) is 0 Å². The minimum Gasteiger partial charge on any atom is -0.398 e. The second-order valence-electron chi connectivity index (χ2n) is 4.63. The van der Waals surface area contributed by atoms with Crippen LogP contribution in [0.3, 0.4) is 0 Å². The van der Waals surface area contributed by atoms with E-state index in [0.29, 0.717) is 11.8 Å². The van der Waals surface area contributed by atoms with E-state index >= 15 is 0 Å². The molecule has 2 unspecified atom stereocenters. The second-order valence-corrected chi connectivity index (χ2v) is 4.63. The zero-order valence-electron chi connectivity index (χ0n) is 10.3. The van der Waals surface area contributed by atoms with Crippen LogP contribution in [0.25, 0.3) is 0 Å². The Hall–Kier alpha value is -1.83. The Morgan fingerprint density at radius 3 is 2.76 bits per heavy atom.